The summed E-state index contributed by atoms with van der Waals surface area (Å²) in [5.74, 6) is 1.43. The Hall–Kier alpha value is -3.39. The highest BCUT2D eigenvalue weighted by Crippen LogP contribution is 2.23. The van der Waals surface area contributed by atoms with E-state index in [2.05, 4.69) is 32.3 Å². The first kappa shape index (κ1) is 19.6. The van der Waals surface area contributed by atoms with Gasteiger partial charge in [0.25, 0.3) is 0 Å². The number of hydrogen-bond donors (Lipinski definition) is 1. The number of rotatable bonds is 8. The number of ether oxygens (including phenoxy) is 1. The monoisotopic (exact) mass is 417 g/mol. The molecule has 0 atom stereocenters. The Kier molecular flexibility index (Phi) is 5.54. The molecular weight excluding hydrogens is 390 g/mol. The topological polar surface area (TPSA) is 72.5 Å². The number of pyridine rings is 1. The summed E-state index contributed by atoms with van der Waals surface area (Å²) in [6, 6.07) is 13.9. The minimum absolute atomic E-state index is 0.554. The lowest BCUT2D eigenvalue weighted by atomic mass is 10.2. The first-order valence-corrected chi connectivity index (χ1v) is 10.9. The second kappa shape index (κ2) is 8.77. The van der Waals surface area contributed by atoms with Crippen LogP contribution in [0.15, 0.2) is 54.9 Å². The largest absolute Gasteiger partial charge is 0.492 e. The van der Waals surface area contributed by atoms with Gasteiger partial charge in [0, 0.05) is 30.5 Å². The fraction of sp³-hybridized carbons (Fsp3) is 0.348. The molecule has 3 aromatic heterocycles. The molecule has 0 amide bonds. The van der Waals surface area contributed by atoms with Crippen molar-refractivity contribution >= 4 is 17.3 Å². The number of nitrogens with one attached hydrogen (secondary N) is 1. The Morgan fingerprint density at radius 2 is 1.90 bits per heavy atom. The predicted octanol–water partition coefficient (Wildman–Crippen LogP) is 3.83. The number of aromatic nitrogens is 5. The lowest BCUT2D eigenvalue weighted by molar-refractivity contribution is 0.238. The molecule has 4 aromatic rings. The van der Waals surface area contributed by atoms with E-state index in [0.717, 1.165) is 48.0 Å². The van der Waals surface area contributed by atoms with Crippen molar-refractivity contribution in [3.63, 3.8) is 0 Å². The second-order valence-electron chi connectivity index (χ2n) is 7.75. The maximum atomic E-state index is 5.88. The Labute approximate surface area is 181 Å². The molecule has 0 bridgehead atoms. The fourth-order valence-corrected chi connectivity index (χ4v) is 3.91. The maximum absolute atomic E-state index is 5.88. The molecule has 0 saturated carbocycles. The first-order chi connectivity index (χ1) is 15.3. The van der Waals surface area contributed by atoms with Gasteiger partial charge in [-0.2, -0.15) is 10.1 Å². The maximum Gasteiger partial charge on any atom is 0.247 e. The Balaban J connectivity index is 1.26. The molecule has 1 aromatic carbocycles. The summed E-state index contributed by atoms with van der Waals surface area (Å²) in [7, 11) is 0. The highest BCUT2D eigenvalue weighted by molar-refractivity contribution is 5.63. The molecule has 4 heterocycles. The Bertz CT molecular complexity index is 1140. The zero-order valence-electron chi connectivity index (χ0n) is 17.7. The van der Waals surface area contributed by atoms with E-state index < -0.39 is 0 Å². The average Bonchev–Trinajstić information content (AvgIpc) is 3.55. The highest BCUT2D eigenvalue weighted by atomic mass is 16.5. The smallest absolute Gasteiger partial charge is 0.247 e. The summed E-state index contributed by atoms with van der Waals surface area (Å²) in [4.78, 5) is 7.06. The molecule has 31 heavy (non-hydrogen) atoms. The zero-order valence-corrected chi connectivity index (χ0v) is 17.7. The fourth-order valence-electron chi connectivity index (χ4n) is 3.91. The van der Waals surface area contributed by atoms with E-state index in [1.54, 1.807) is 0 Å². The molecule has 160 valence electrons. The molecular formula is C23H27N7O. The van der Waals surface area contributed by atoms with Crippen molar-refractivity contribution in [1.29, 1.82) is 0 Å². The van der Waals surface area contributed by atoms with Crippen molar-refractivity contribution in [2.45, 2.75) is 26.3 Å². The van der Waals surface area contributed by atoms with Gasteiger partial charge in [-0.3, -0.25) is 9.58 Å². The summed E-state index contributed by atoms with van der Waals surface area (Å²) in [5, 5.41) is 12.3. The molecule has 1 aliphatic rings. The van der Waals surface area contributed by atoms with Gasteiger partial charge >= 0.3 is 0 Å². The van der Waals surface area contributed by atoms with E-state index in [-0.39, 0.29) is 0 Å². The van der Waals surface area contributed by atoms with Crippen LogP contribution in [0, 0.1) is 0 Å². The second-order valence-corrected chi connectivity index (χ2v) is 7.75. The van der Waals surface area contributed by atoms with Crippen LogP contribution in [0.2, 0.25) is 0 Å². The normalized spacial score (nSPS) is 14.4. The van der Waals surface area contributed by atoms with Gasteiger partial charge in [0.2, 0.25) is 5.95 Å². The predicted molar refractivity (Wildman–Crippen MR) is 121 cm³/mol. The molecule has 1 saturated heterocycles. The van der Waals surface area contributed by atoms with Crippen LogP contribution in [0.4, 0.5) is 11.6 Å². The lowest BCUT2D eigenvalue weighted by Gasteiger charge is -2.15. The van der Waals surface area contributed by atoms with E-state index in [1.165, 1.54) is 25.9 Å². The third-order valence-electron chi connectivity index (χ3n) is 5.60. The Morgan fingerprint density at radius 1 is 1.06 bits per heavy atom. The van der Waals surface area contributed by atoms with E-state index in [0.29, 0.717) is 5.95 Å². The number of benzene rings is 1. The summed E-state index contributed by atoms with van der Waals surface area (Å²) < 4.78 is 9.63. The molecule has 8 nitrogen and oxygen atoms in total. The van der Waals surface area contributed by atoms with Crippen LogP contribution >= 0.6 is 0 Å². The molecule has 0 spiro atoms. The van der Waals surface area contributed by atoms with E-state index >= 15 is 0 Å². The van der Waals surface area contributed by atoms with Crippen LogP contribution in [-0.2, 0) is 6.54 Å². The summed E-state index contributed by atoms with van der Waals surface area (Å²) in [5.41, 5.74) is 3.67. The average molecular weight is 418 g/mol. The molecule has 0 unspecified atom stereocenters. The van der Waals surface area contributed by atoms with Crippen molar-refractivity contribution < 1.29 is 4.74 Å². The summed E-state index contributed by atoms with van der Waals surface area (Å²) in [6.07, 6.45) is 6.49. The van der Waals surface area contributed by atoms with Crippen molar-refractivity contribution in [3.8, 4) is 17.0 Å². The number of anilines is 2. The van der Waals surface area contributed by atoms with E-state index in [1.807, 2.05) is 64.1 Å². The van der Waals surface area contributed by atoms with Crippen LogP contribution in [0.5, 0.6) is 5.75 Å². The minimum atomic E-state index is 0.554. The standard InChI is InChI=1S/C23H27N7O/c1-2-29-17-18(16-24-29)21-6-5-7-22-26-23(27-30(21)22)25-19-8-10-20(11-9-19)31-15-14-28-12-3-4-13-28/h5-11,16-17H,2-4,12-15H2,1H3,(H,25,27). The van der Waals surface area contributed by atoms with Crippen LogP contribution in [0.3, 0.4) is 0 Å². The van der Waals surface area contributed by atoms with Crippen LogP contribution < -0.4 is 10.1 Å². The summed E-state index contributed by atoms with van der Waals surface area (Å²) in [6.45, 7) is 7.00. The van der Waals surface area contributed by atoms with Crippen molar-refractivity contribution in [2.24, 2.45) is 0 Å². The van der Waals surface area contributed by atoms with Gasteiger partial charge in [-0.05, 0) is 69.3 Å². The van der Waals surface area contributed by atoms with Crippen LogP contribution in [0.1, 0.15) is 19.8 Å². The van der Waals surface area contributed by atoms with E-state index in [9.17, 15) is 0 Å². The van der Waals surface area contributed by atoms with Gasteiger partial charge in [0.1, 0.15) is 12.4 Å². The van der Waals surface area contributed by atoms with Crippen molar-refractivity contribution in [2.75, 3.05) is 31.6 Å². The zero-order chi connectivity index (χ0) is 21.0. The molecule has 8 heteroatoms. The minimum Gasteiger partial charge on any atom is -0.492 e. The van der Waals surface area contributed by atoms with Gasteiger partial charge < -0.3 is 10.1 Å². The first-order valence-electron chi connectivity index (χ1n) is 10.9. The van der Waals surface area contributed by atoms with Crippen molar-refractivity contribution in [3.05, 3.63) is 54.9 Å². The van der Waals surface area contributed by atoms with Gasteiger partial charge in [0.05, 0.1) is 11.9 Å². The number of nitrogens with zero attached hydrogens (tertiary/aromatic N) is 6. The summed E-state index contributed by atoms with van der Waals surface area (Å²) >= 11 is 0. The lowest BCUT2D eigenvalue weighted by Crippen LogP contribution is -2.25. The molecule has 1 N–H and O–H groups in total. The van der Waals surface area contributed by atoms with Gasteiger partial charge in [0.15, 0.2) is 5.65 Å². The van der Waals surface area contributed by atoms with Gasteiger partial charge in [-0.25, -0.2) is 4.52 Å². The Morgan fingerprint density at radius 3 is 2.68 bits per heavy atom. The SMILES string of the molecule is CCn1cc(-c2cccc3nc(Nc4ccc(OCCN5CCCC5)cc4)nn23)cn1. The number of fused-ring (bicyclic) bond motifs is 1. The van der Waals surface area contributed by atoms with Gasteiger partial charge in [-0.15, -0.1) is 5.10 Å². The highest BCUT2D eigenvalue weighted by Gasteiger charge is 2.12. The number of aryl methyl sites for hydroxylation is 1. The van der Waals surface area contributed by atoms with Gasteiger partial charge in [-0.1, -0.05) is 6.07 Å². The van der Waals surface area contributed by atoms with Crippen LogP contribution in [-0.4, -0.2) is 55.5 Å². The quantitative estimate of drug-likeness (QED) is 0.470. The van der Waals surface area contributed by atoms with E-state index in [4.69, 9.17) is 4.74 Å². The van der Waals surface area contributed by atoms with Crippen LogP contribution in [0.25, 0.3) is 16.9 Å². The number of hydrogen-bond acceptors (Lipinski definition) is 6. The molecule has 0 aliphatic carbocycles. The molecule has 0 radical (unpaired) electrons. The number of likely N-dealkylation sites (tertiary alicyclic amines) is 1. The third-order valence-corrected chi connectivity index (χ3v) is 5.60. The molecule has 5 rings (SSSR count). The molecule has 1 aliphatic heterocycles. The molecule has 1 fully saturated rings. The van der Waals surface area contributed by atoms with Crippen molar-refractivity contribution in [1.82, 2.24) is 29.3 Å². The third kappa shape index (κ3) is 4.39.